The second-order valence-electron chi connectivity index (χ2n) is 7.99. The molecule has 144 valence electrons. The van der Waals surface area contributed by atoms with Crippen molar-refractivity contribution in [3.63, 3.8) is 0 Å². The largest absolute Gasteiger partial charge is 0.381 e. The van der Waals surface area contributed by atoms with Gasteiger partial charge >= 0.3 is 0 Å². The van der Waals surface area contributed by atoms with Crippen LogP contribution < -0.4 is 5.32 Å². The fraction of sp³-hybridized carbons (Fsp3) is 0.800. The van der Waals surface area contributed by atoms with Crippen LogP contribution in [0.2, 0.25) is 0 Å². The van der Waals surface area contributed by atoms with Crippen LogP contribution in [0.3, 0.4) is 0 Å². The van der Waals surface area contributed by atoms with Crippen LogP contribution in [-0.2, 0) is 9.53 Å². The van der Waals surface area contributed by atoms with E-state index in [0.29, 0.717) is 12.0 Å². The Morgan fingerprint density at radius 2 is 1.85 bits per heavy atom. The molecule has 1 aliphatic carbocycles. The summed E-state index contributed by atoms with van der Waals surface area (Å²) < 4.78 is 5.51. The Bertz CT molecular complexity index is 594. The highest BCUT2D eigenvalue weighted by Crippen LogP contribution is 2.34. The van der Waals surface area contributed by atoms with Gasteiger partial charge < -0.3 is 10.1 Å². The molecular formula is C20H31N3O2S. The molecule has 0 spiro atoms. The Morgan fingerprint density at radius 1 is 1.08 bits per heavy atom. The molecule has 0 unspecified atom stereocenters. The average molecular weight is 378 g/mol. The lowest BCUT2D eigenvalue weighted by molar-refractivity contribution is -0.124. The van der Waals surface area contributed by atoms with Gasteiger partial charge in [0.05, 0.1) is 11.7 Å². The zero-order valence-electron chi connectivity index (χ0n) is 15.6. The molecule has 2 aliphatic heterocycles. The quantitative estimate of drug-likeness (QED) is 0.856. The van der Waals surface area contributed by atoms with Gasteiger partial charge in [0.15, 0.2) is 5.13 Å². The SMILES string of the molecule is O=C(Nc1nc(C2CCCCC2)cs1)[C@@H]1CCCCN1C1CCOCC1. The number of carbonyl (C=O) groups excluding carboxylic acids is 1. The maximum absolute atomic E-state index is 13.0. The first-order chi connectivity index (χ1) is 12.8. The number of hydrogen-bond donors (Lipinski definition) is 1. The Balaban J connectivity index is 1.38. The molecule has 3 aliphatic rings. The van der Waals surface area contributed by atoms with E-state index in [1.54, 1.807) is 11.3 Å². The molecule has 1 amide bonds. The van der Waals surface area contributed by atoms with Crippen molar-refractivity contribution in [3.05, 3.63) is 11.1 Å². The monoisotopic (exact) mass is 377 g/mol. The standard InChI is InChI=1S/C20H31N3O2S/c24-19(18-8-4-5-11-23(18)16-9-12-25-13-10-16)22-20-21-17(14-26-20)15-6-2-1-3-7-15/h14-16,18H,1-13H2,(H,21,22,24)/t18-/m0/s1. The molecule has 0 bridgehead atoms. The van der Waals surface area contributed by atoms with Crippen LogP contribution >= 0.6 is 11.3 Å². The Hall–Kier alpha value is -0.980. The molecule has 1 N–H and O–H groups in total. The number of nitrogens with zero attached hydrogens (tertiary/aromatic N) is 2. The van der Waals surface area contributed by atoms with Gasteiger partial charge in [-0.3, -0.25) is 9.69 Å². The van der Waals surface area contributed by atoms with Crippen molar-refractivity contribution in [1.82, 2.24) is 9.88 Å². The molecule has 3 heterocycles. The minimum Gasteiger partial charge on any atom is -0.381 e. The number of aromatic nitrogens is 1. The predicted octanol–water partition coefficient (Wildman–Crippen LogP) is 4.16. The van der Waals surface area contributed by atoms with Gasteiger partial charge in [-0.05, 0) is 45.1 Å². The van der Waals surface area contributed by atoms with E-state index in [4.69, 9.17) is 9.72 Å². The molecule has 2 saturated heterocycles. The van der Waals surface area contributed by atoms with E-state index >= 15 is 0 Å². The number of amides is 1. The maximum Gasteiger partial charge on any atom is 0.243 e. The molecule has 26 heavy (non-hydrogen) atoms. The molecule has 0 aromatic carbocycles. The van der Waals surface area contributed by atoms with Crippen LogP contribution in [0.1, 0.15) is 75.8 Å². The average Bonchev–Trinajstić information content (AvgIpc) is 3.18. The van der Waals surface area contributed by atoms with Gasteiger partial charge in [-0.25, -0.2) is 4.98 Å². The van der Waals surface area contributed by atoms with Gasteiger partial charge in [0.25, 0.3) is 0 Å². The van der Waals surface area contributed by atoms with Crippen molar-refractivity contribution in [2.45, 2.75) is 82.2 Å². The molecule has 1 atom stereocenters. The molecule has 1 aromatic heterocycles. The summed E-state index contributed by atoms with van der Waals surface area (Å²) in [6, 6.07) is 0.489. The van der Waals surface area contributed by atoms with Crippen LogP contribution in [0.25, 0.3) is 0 Å². The molecule has 4 rings (SSSR count). The zero-order chi connectivity index (χ0) is 17.8. The minimum atomic E-state index is -0.00567. The zero-order valence-corrected chi connectivity index (χ0v) is 16.4. The van der Waals surface area contributed by atoms with E-state index in [9.17, 15) is 4.79 Å². The van der Waals surface area contributed by atoms with Gasteiger partial charge in [0, 0.05) is 30.6 Å². The van der Waals surface area contributed by atoms with Gasteiger partial charge in [0.2, 0.25) is 5.91 Å². The lowest BCUT2D eigenvalue weighted by atomic mass is 9.87. The fourth-order valence-corrected chi connectivity index (χ4v) is 5.60. The Kier molecular flexibility index (Phi) is 6.23. The third kappa shape index (κ3) is 4.29. The van der Waals surface area contributed by atoms with Crippen LogP contribution in [0.4, 0.5) is 5.13 Å². The summed E-state index contributed by atoms with van der Waals surface area (Å²) >= 11 is 1.59. The van der Waals surface area contributed by atoms with Gasteiger partial charge in [-0.1, -0.05) is 25.7 Å². The van der Waals surface area contributed by atoms with Crippen molar-refractivity contribution in [2.75, 3.05) is 25.1 Å². The second kappa shape index (κ2) is 8.81. The normalized spacial score (nSPS) is 26.7. The van der Waals surface area contributed by atoms with Crippen molar-refractivity contribution in [3.8, 4) is 0 Å². The second-order valence-corrected chi connectivity index (χ2v) is 8.85. The van der Waals surface area contributed by atoms with E-state index in [-0.39, 0.29) is 11.9 Å². The number of carbonyl (C=O) groups is 1. The van der Waals surface area contributed by atoms with Crippen LogP contribution in [0.15, 0.2) is 5.38 Å². The lowest BCUT2D eigenvalue weighted by Crippen LogP contribution is -2.53. The number of nitrogens with one attached hydrogen (secondary N) is 1. The number of hydrogen-bond acceptors (Lipinski definition) is 5. The van der Waals surface area contributed by atoms with Gasteiger partial charge in [0.1, 0.15) is 0 Å². The van der Waals surface area contributed by atoms with Crippen LogP contribution in [-0.4, -0.2) is 47.6 Å². The van der Waals surface area contributed by atoms with Crippen molar-refractivity contribution >= 4 is 22.4 Å². The summed E-state index contributed by atoms with van der Waals surface area (Å²) in [5, 5.41) is 6.08. The molecule has 1 saturated carbocycles. The summed E-state index contributed by atoms with van der Waals surface area (Å²) in [4.78, 5) is 20.2. The van der Waals surface area contributed by atoms with Gasteiger partial charge in [-0.15, -0.1) is 11.3 Å². The van der Waals surface area contributed by atoms with Crippen molar-refractivity contribution in [1.29, 1.82) is 0 Å². The third-order valence-electron chi connectivity index (χ3n) is 6.28. The van der Waals surface area contributed by atoms with E-state index in [2.05, 4.69) is 15.6 Å². The highest BCUT2D eigenvalue weighted by atomic mass is 32.1. The van der Waals surface area contributed by atoms with Gasteiger partial charge in [-0.2, -0.15) is 0 Å². The first kappa shape index (κ1) is 18.4. The topological polar surface area (TPSA) is 54.5 Å². The van der Waals surface area contributed by atoms with E-state index in [1.165, 1.54) is 44.2 Å². The maximum atomic E-state index is 13.0. The summed E-state index contributed by atoms with van der Waals surface area (Å²) in [5.74, 6) is 0.736. The molecular weight excluding hydrogens is 346 g/mol. The summed E-state index contributed by atoms with van der Waals surface area (Å²) in [7, 11) is 0. The molecule has 3 fully saturated rings. The minimum absolute atomic E-state index is 0.00567. The van der Waals surface area contributed by atoms with E-state index in [0.717, 1.165) is 50.6 Å². The highest BCUT2D eigenvalue weighted by Gasteiger charge is 2.34. The predicted molar refractivity (Wildman–Crippen MR) is 105 cm³/mol. The highest BCUT2D eigenvalue weighted by molar-refractivity contribution is 7.13. The first-order valence-corrected chi connectivity index (χ1v) is 11.3. The third-order valence-corrected chi connectivity index (χ3v) is 7.06. The fourth-order valence-electron chi connectivity index (χ4n) is 4.81. The number of ether oxygens (including phenoxy) is 1. The number of likely N-dealkylation sites (tertiary alicyclic amines) is 1. The van der Waals surface area contributed by atoms with Crippen LogP contribution in [0.5, 0.6) is 0 Å². The molecule has 5 nitrogen and oxygen atoms in total. The summed E-state index contributed by atoms with van der Waals surface area (Å²) in [5.41, 5.74) is 1.19. The number of anilines is 1. The molecule has 1 aromatic rings. The lowest BCUT2D eigenvalue weighted by Gasteiger charge is -2.41. The number of thiazole rings is 1. The van der Waals surface area contributed by atoms with Crippen LogP contribution in [0, 0.1) is 0 Å². The summed E-state index contributed by atoms with van der Waals surface area (Å²) in [6.45, 7) is 2.69. The molecule has 6 heteroatoms. The Labute approximate surface area is 160 Å². The summed E-state index contributed by atoms with van der Waals surface area (Å²) in [6.07, 6.45) is 11.9. The smallest absolute Gasteiger partial charge is 0.243 e. The van der Waals surface area contributed by atoms with Crippen molar-refractivity contribution in [2.24, 2.45) is 0 Å². The number of piperidine rings is 1. The number of rotatable bonds is 4. The van der Waals surface area contributed by atoms with E-state index in [1.807, 2.05) is 0 Å². The van der Waals surface area contributed by atoms with Crippen molar-refractivity contribution < 1.29 is 9.53 Å². The Morgan fingerprint density at radius 3 is 2.65 bits per heavy atom. The molecule has 0 radical (unpaired) electrons. The first-order valence-electron chi connectivity index (χ1n) is 10.4. The van der Waals surface area contributed by atoms with E-state index < -0.39 is 0 Å².